The highest BCUT2D eigenvalue weighted by atomic mass is 32.1. The Labute approximate surface area is 184 Å². The molecule has 5 nitrogen and oxygen atoms in total. The van der Waals surface area contributed by atoms with Crippen LogP contribution in [0.15, 0.2) is 53.5 Å². The molecule has 1 aliphatic rings. The molecule has 0 fully saturated rings. The van der Waals surface area contributed by atoms with Crippen LogP contribution in [-0.4, -0.2) is 21.8 Å². The molecule has 0 atom stereocenters. The first-order valence-corrected chi connectivity index (χ1v) is 10.9. The summed E-state index contributed by atoms with van der Waals surface area (Å²) in [5.74, 6) is 0.0791. The predicted molar refractivity (Wildman–Crippen MR) is 126 cm³/mol. The summed E-state index contributed by atoms with van der Waals surface area (Å²) in [4.78, 5) is 17.3. The van der Waals surface area contributed by atoms with E-state index in [-0.39, 0.29) is 11.8 Å². The number of nitrogens with zero attached hydrogens (tertiary/aromatic N) is 2. The average molecular weight is 436 g/mol. The maximum absolute atomic E-state index is 12.2. The Bertz CT molecular complexity index is 1200. The van der Waals surface area contributed by atoms with Crippen molar-refractivity contribution in [2.24, 2.45) is 4.99 Å². The number of hydrogen-bond acceptors (Lipinski definition) is 5. The number of aromatic hydroxyl groups is 1. The van der Waals surface area contributed by atoms with Crippen molar-refractivity contribution in [2.45, 2.75) is 26.3 Å². The molecule has 2 aromatic carbocycles. The van der Waals surface area contributed by atoms with Gasteiger partial charge in [-0.2, -0.15) is 0 Å². The molecule has 0 saturated heterocycles. The number of aromatic nitrogens is 1. The van der Waals surface area contributed by atoms with Crippen LogP contribution < -0.4 is 5.32 Å². The van der Waals surface area contributed by atoms with Gasteiger partial charge in [-0.3, -0.25) is 14.4 Å². The summed E-state index contributed by atoms with van der Waals surface area (Å²) in [5, 5.41) is 13.6. The minimum Gasteiger partial charge on any atom is -0.493 e. The lowest BCUT2D eigenvalue weighted by molar-refractivity contribution is -0.116. The van der Waals surface area contributed by atoms with Gasteiger partial charge in [0.1, 0.15) is 0 Å². The Morgan fingerprint density at radius 2 is 2.00 bits per heavy atom. The summed E-state index contributed by atoms with van der Waals surface area (Å²) in [6.07, 6.45) is 4.64. The fourth-order valence-electron chi connectivity index (χ4n) is 3.26. The molecule has 152 valence electrons. The molecule has 30 heavy (non-hydrogen) atoms. The van der Waals surface area contributed by atoms with Gasteiger partial charge in [-0.1, -0.05) is 35.9 Å². The lowest BCUT2D eigenvalue weighted by Gasteiger charge is -2.07. The zero-order valence-corrected chi connectivity index (χ0v) is 18.1. The van der Waals surface area contributed by atoms with E-state index in [0.717, 1.165) is 28.1 Å². The number of rotatable bonds is 6. The molecule has 7 heteroatoms. The topological polar surface area (TPSA) is 66.6 Å². The molecule has 0 saturated carbocycles. The van der Waals surface area contributed by atoms with E-state index in [0.29, 0.717) is 28.2 Å². The van der Waals surface area contributed by atoms with Crippen LogP contribution in [0.3, 0.4) is 0 Å². The third-order valence-corrected chi connectivity index (χ3v) is 6.24. The van der Waals surface area contributed by atoms with Gasteiger partial charge < -0.3 is 10.4 Å². The van der Waals surface area contributed by atoms with Crippen LogP contribution >= 0.6 is 23.6 Å². The number of anilines is 1. The number of aliphatic imine (C=N–C) groups is 1. The molecule has 1 aliphatic heterocycles. The van der Waals surface area contributed by atoms with Crippen LogP contribution in [0.4, 0.5) is 11.4 Å². The third kappa shape index (κ3) is 4.42. The van der Waals surface area contributed by atoms with Gasteiger partial charge in [0.25, 0.3) is 0 Å². The zero-order chi connectivity index (χ0) is 21.1. The monoisotopic (exact) mass is 435 g/mol. The van der Waals surface area contributed by atoms with Gasteiger partial charge in [0.05, 0.1) is 10.6 Å². The first-order chi connectivity index (χ1) is 14.5. The van der Waals surface area contributed by atoms with Crippen molar-refractivity contribution < 1.29 is 9.90 Å². The van der Waals surface area contributed by atoms with E-state index >= 15 is 0 Å². The van der Waals surface area contributed by atoms with E-state index in [1.54, 1.807) is 10.8 Å². The summed E-state index contributed by atoms with van der Waals surface area (Å²) in [7, 11) is 0. The minimum absolute atomic E-state index is 0.0544. The normalized spacial score (nSPS) is 13.6. The van der Waals surface area contributed by atoms with E-state index in [4.69, 9.17) is 12.2 Å². The molecule has 0 radical (unpaired) electrons. The summed E-state index contributed by atoms with van der Waals surface area (Å²) in [6.45, 7) is 2.49. The van der Waals surface area contributed by atoms with Gasteiger partial charge in [0.15, 0.2) is 3.95 Å². The van der Waals surface area contributed by atoms with Crippen LogP contribution in [0.2, 0.25) is 0 Å². The first kappa shape index (κ1) is 20.3. The van der Waals surface area contributed by atoms with Gasteiger partial charge in [0, 0.05) is 36.0 Å². The van der Waals surface area contributed by atoms with Gasteiger partial charge in [0.2, 0.25) is 11.8 Å². The van der Waals surface area contributed by atoms with E-state index in [1.807, 2.05) is 61.5 Å². The largest absolute Gasteiger partial charge is 0.493 e. The van der Waals surface area contributed by atoms with Gasteiger partial charge in [-0.15, -0.1) is 11.3 Å². The Morgan fingerprint density at radius 1 is 1.23 bits per heavy atom. The number of thiazole rings is 1. The SMILES string of the molecule is Cc1ccc(NC(=O)CCCn2c(O)c(/C=C3/C=Nc4ccccc43)sc2=S)cc1. The number of fused-ring (bicyclic) bond motifs is 1. The molecule has 0 unspecified atom stereocenters. The van der Waals surface area contributed by atoms with E-state index in [1.165, 1.54) is 11.3 Å². The van der Waals surface area contributed by atoms with Crippen molar-refractivity contribution in [3.05, 3.63) is 68.5 Å². The van der Waals surface area contributed by atoms with E-state index in [9.17, 15) is 9.90 Å². The van der Waals surface area contributed by atoms with Crippen LogP contribution in [0, 0.1) is 10.9 Å². The van der Waals surface area contributed by atoms with Crippen LogP contribution in [0.1, 0.15) is 28.8 Å². The number of nitrogens with one attached hydrogen (secondary N) is 1. The minimum atomic E-state index is -0.0544. The maximum atomic E-state index is 12.2. The van der Waals surface area contributed by atoms with Crippen molar-refractivity contribution in [2.75, 3.05) is 5.32 Å². The second-order valence-electron chi connectivity index (χ2n) is 7.10. The Morgan fingerprint density at radius 3 is 2.80 bits per heavy atom. The van der Waals surface area contributed by atoms with Crippen molar-refractivity contribution in [1.82, 2.24) is 4.57 Å². The number of aryl methyl sites for hydroxylation is 1. The van der Waals surface area contributed by atoms with Gasteiger partial charge in [-0.25, -0.2) is 0 Å². The summed E-state index contributed by atoms with van der Waals surface area (Å²) >= 11 is 6.79. The van der Waals surface area contributed by atoms with Crippen molar-refractivity contribution in [1.29, 1.82) is 0 Å². The number of para-hydroxylation sites is 1. The highest BCUT2D eigenvalue weighted by molar-refractivity contribution is 7.73. The smallest absolute Gasteiger partial charge is 0.224 e. The molecule has 1 amide bonds. The zero-order valence-electron chi connectivity index (χ0n) is 16.5. The molecule has 2 N–H and O–H groups in total. The predicted octanol–water partition coefficient (Wildman–Crippen LogP) is 5.97. The second-order valence-corrected chi connectivity index (χ2v) is 8.78. The number of carbonyl (C=O) groups excluding carboxylic acids is 1. The highest BCUT2D eigenvalue weighted by Gasteiger charge is 2.15. The Balaban J connectivity index is 1.40. The average Bonchev–Trinajstić information content (AvgIpc) is 3.26. The van der Waals surface area contributed by atoms with Crippen molar-refractivity contribution >= 4 is 58.7 Å². The van der Waals surface area contributed by atoms with Crippen molar-refractivity contribution in [3.63, 3.8) is 0 Å². The molecule has 0 spiro atoms. The first-order valence-electron chi connectivity index (χ1n) is 9.65. The molecule has 4 rings (SSSR count). The van der Waals surface area contributed by atoms with Gasteiger partial charge in [-0.05, 0) is 49.8 Å². The molecule has 0 aliphatic carbocycles. The van der Waals surface area contributed by atoms with E-state index < -0.39 is 0 Å². The van der Waals surface area contributed by atoms with Crippen molar-refractivity contribution in [3.8, 4) is 5.88 Å². The lowest BCUT2D eigenvalue weighted by Crippen LogP contribution is -2.12. The van der Waals surface area contributed by atoms with Crippen LogP contribution in [0.5, 0.6) is 5.88 Å². The number of amides is 1. The van der Waals surface area contributed by atoms with E-state index in [2.05, 4.69) is 10.3 Å². The molecular weight excluding hydrogens is 414 g/mol. The standard InChI is InChI=1S/C23H21N3O2S2/c1-15-8-10-17(11-9-15)25-21(27)7-4-12-26-22(28)20(30-23(26)29)13-16-14-24-19-6-3-2-5-18(16)19/h2-3,5-6,8-11,13-14,28H,4,7,12H2,1H3,(H,25,27)/b16-13-. The Hall–Kier alpha value is -3.03. The number of allylic oxidation sites excluding steroid dienone is 1. The summed E-state index contributed by atoms with van der Waals surface area (Å²) in [5.41, 5.74) is 4.84. The molecular formula is C23H21N3O2S2. The number of benzene rings is 2. The second kappa shape index (κ2) is 8.77. The number of hydrogen-bond donors (Lipinski definition) is 2. The Kier molecular flexibility index (Phi) is 5.92. The van der Waals surface area contributed by atoms with Gasteiger partial charge >= 0.3 is 0 Å². The summed E-state index contributed by atoms with van der Waals surface area (Å²) < 4.78 is 2.27. The fraction of sp³-hybridized carbons (Fsp3) is 0.174. The van der Waals surface area contributed by atoms with Crippen LogP contribution in [0.25, 0.3) is 11.6 Å². The number of carbonyl (C=O) groups is 1. The highest BCUT2D eigenvalue weighted by Crippen LogP contribution is 2.35. The third-order valence-electron chi connectivity index (χ3n) is 4.86. The molecule has 2 heterocycles. The molecule has 3 aromatic rings. The fourth-order valence-corrected chi connectivity index (χ4v) is 4.57. The quantitative estimate of drug-likeness (QED) is 0.469. The molecule has 1 aromatic heterocycles. The van der Waals surface area contributed by atoms with Crippen LogP contribution in [-0.2, 0) is 11.3 Å². The lowest BCUT2D eigenvalue weighted by atomic mass is 10.1. The maximum Gasteiger partial charge on any atom is 0.224 e. The summed E-state index contributed by atoms with van der Waals surface area (Å²) in [6, 6.07) is 15.6. The molecule has 0 bridgehead atoms.